The van der Waals surface area contributed by atoms with Crippen LogP contribution in [0, 0.1) is 0 Å². The molecule has 26 heavy (non-hydrogen) atoms. The fourth-order valence-electron chi connectivity index (χ4n) is 3.24. The molecule has 8 heteroatoms. The molecular formula is C18H21N5O3. The van der Waals surface area contributed by atoms with Crippen LogP contribution >= 0.6 is 0 Å². The predicted octanol–water partition coefficient (Wildman–Crippen LogP) is 2.65. The van der Waals surface area contributed by atoms with Crippen LogP contribution in [0.25, 0.3) is 11.4 Å². The van der Waals surface area contributed by atoms with Gasteiger partial charge in [-0.05, 0) is 19.4 Å². The number of likely N-dealkylation sites (tertiary alicyclic amines) is 1. The topological polar surface area (TPSA) is 90.3 Å². The number of hydrogen-bond donors (Lipinski definition) is 0. The molecule has 1 unspecified atom stereocenters. The first-order valence-electron chi connectivity index (χ1n) is 8.73. The molecule has 1 atom stereocenters. The van der Waals surface area contributed by atoms with Gasteiger partial charge in [-0.2, -0.15) is 9.97 Å². The third kappa shape index (κ3) is 3.81. The van der Waals surface area contributed by atoms with Gasteiger partial charge in [0.2, 0.25) is 11.7 Å². The number of nitrogens with zero attached hydrogens (tertiary/aromatic N) is 5. The summed E-state index contributed by atoms with van der Waals surface area (Å²) in [7, 11) is 1.60. The normalized spacial score (nSPS) is 18.3. The van der Waals surface area contributed by atoms with Crippen LogP contribution in [0.1, 0.15) is 36.4 Å². The average molecular weight is 355 g/mol. The summed E-state index contributed by atoms with van der Waals surface area (Å²) in [6, 6.07) is 9.87. The molecule has 0 amide bonds. The van der Waals surface area contributed by atoms with Crippen molar-refractivity contribution in [3.8, 4) is 11.4 Å². The first kappa shape index (κ1) is 16.9. The third-order valence-electron chi connectivity index (χ3n) is 4.47. The summed E-state index contributed by atoms with van der Waals surface area (Å²) in [6.07, 6.45) is 2.10. The fraction of sp³-hybridized carbons (Fsp3) is 0.444. The number of methoxy groups -OCH3 is 1. The molecule has 1 saturated heterocycles. The van der Waals surface area contributed by atoms with Crippen LogP contribution in [-0.4, -0.2) is 45.4 Å². The summed E-state index contributed by atoms with van der Waals surface area (Å²) in [5.41, 5.74) is 0.965. The highest BCUT2D eigenvalue weighted by molar-refractivity contribution is 5.53. The van der Waals surface area contributed by atoms with Gasteiger partial charge in [-0.1, -0.05) is 40.6 Å². The lowest BCUT2D eigenvalue weighted by molar-refractivity contribution is 0.151. The van der Waals surface area contributed by atoms with Gasteiger partial charge in [-0.25, -0.2) is 0 Å². The molecule has 0 bridgehead atoms. The number of hydrogen-bond acceptors (Lipinski definition) is 8. The minimum absolute atomic E-state index is 0.221. The highest BCUT2D eigenvalue weighted by Crippen LogP contribution is 2.28. The van der Waals surface area contributed by atoms with Gasteiger partial charge in [0.15, 0.2) is 5.82 Å². The molecule has 4 rings (SSSR count). The molecule has 8 nitrogen and oxygen atoms in total. The number of rotatable bonds is 6. The van der Waals surface area contributed by atoms with Crippen molar-refractivity contribution in [2.45, 2.75) is 31.9 Å². The molecule has 2 aromatic heterocycles. The van der Waals surface area contributed by atoms with Crippen LogP contribution in [0.4, 0.5) is 0 Å². The summed E-state index contributed by atoms with van der Waals surface area (Å²) < 4.78 is 15.7. The highest BCUT2D eigenvalue weighted by atomic mass is 16.5. The monoisotopic (exact) mass is 355 g/mol. The van der Waals surface area contributed by atoms with Crippen LogP contribution in [0.3, 0.4) is 0 Å². The Morgan fingerprint density at radius 1 is 1.15 bits per heavy atom. The first-order chi connectivity index (χ1) is 12.8. The highest BCUT2D eigenvalue weighted by Gasteiger charge is 2.27. The number of ether oxygens (including phenoxy) is 1. The molecule has 0 aliphatic carbocycles. The maximum Gasteiger partial charge on any atom is 0.252 e. The molecule has 0 radical (unpaired) electrons. The van der Waals surface area contributed by atoms with Gasteiger partial charge in [-0.15, -0.1) is 0 Å². The van der Waals surface area contributed by atoms with Crippen LogP contribution in [-0.2, 0) is 17.9 Å². The SMILES string of the molecule is COCc1nc(CN2CCCC(c3nc(-c4ccccc4)no3)C2)no1. The van der Waals surface area contributed by atoms with Crippen molar-refractivity contribution in [2.24, 2.45) is 0 Å². The molecule has 136 valence electrons. The minimum atomic E-state index is 0.221. The Morgan fingerprint density at radius 2 is 2.04 bits per heavy atom. The standard InChI is InChI=1S/C18H21N5O3/c1-24-12-16-19-15(21-25-16)11-23-9-5-8-14(10-23)18-20-17(22-26-18)13-6-3-2-4-7-13/h2-4,6-7,14H,5,8-12H2,1H3. The van der Waals surface area contributed by atoms with E-state index in [1.807, 2.05) is 30.3 Å². The van der Waals surface area contributed by atoms with Crippen molar-refractivity contribution in [2.75, 3.05) is 20.2 Å². The second-order valence-corrected chi connectivity index (χ2v) is 6.43. The molecule has 1 aromatic carbocycles. The van der Waals surface area contributed by atoms with E-state index in [2.05, 4.69) is 25.2 Å². The fourth-order valence-corrected chi connectivity index (χ4v) is 3.24. The average Bonchev–Trinajstić information content (AvgIpc) is 3.33. The van der Waals surface area contributed by atoms with Gasteiger partial charge in [0, 0.05) is 19.2 Å². The van der Waals surface area contributed by atoms with E-state index in [0.29, 0.717) is 36.6 Å². The molecule has 0 spiro atoms. The molecule has 1 fully saturated rings. The van der Waals surface area contributed by atoms with Gasteiger partial charge in [-0.3, -0.25) is 4.90 Å². The summed E-state index contributed by atoms with van der Waals surface area (Å²) >= 11 is 0. The van der Waals surface area contributed by atoms with E-state index in [-0.39, 0.29) is 5.92 Å². The van der Waals surface area contributed by atoms with Crippen LogP contribution in [0.2, 0.25) is 0 Å². The minimum Gasteiger partial charge on any atom is -0.375 e. The van der Waals surface area contributed by atoms with Gasteiger partial charge in [0.1, 0.15) is 6.61 Å². The molecule has 3 aromatic rings. The Hall–Kier alpha value is -2.58. The first-order valence-corrected chi connectivity index (χ1v) is 8.73. The van der Waals surface area contributed by atoms with Crippen molar-refractivity contribution >= 4 is 0 Å². The zero-order valence-corrected chi connectivity index (χ0v) is 14.7. The number of piperidine rings is 1. The molecule has 1 aliphatic heterocycles. The maximum atomic E-state index is 5.54. The zero-order valence-electron chi connectivity index (χ0n) is 14.7. The van der Waals surface area contributed by atoms with E-state index in [1.54, 1.807) is 7.11 Å². The lowest BCUT2D eigenvalue weighted by atomic mass is 9.98. The van der Waals surface area contributed by atoms with E-state index < -0.39 is 0 Å². The lowest BCUT2D eigenvalue weighted by Gasteiger charge is -2.29. The quantitative estimate of drug-likeness (QED) is 0.666. The van der Waals surface area contributed by atoms with Gasteiger partial charge < -0.3 is 13.8 Å². The zero-order chi connectivity index (χ0) is 17.8. The Bertz CT molecular complexity index is 832. The van der Waals surface area contributed by atoms with E-state index in [9.17, 15) is 0 Å². The molecule has 0 N–H and O–H groups in total. The Balaban J connectivity index is 1.41. The van der Waals surface area contributed by atoms with E-state index in [4.69, 9.17) is 13.8 Å². The summed E-state index contributed by atoms with van der Waals surface area (Å²) in [4.78, 5) is 11.2. The Morgan fingerprint density at radius 3 is 2.88 bits per heavy atom. The van der Waals surface area contributed by atoms with Crippen molar-refractivity contribution < 1.29 is 13.8 Å². The van der Waals surface area contributed by atoms with Crippen molar-refractivity contribution in [3.05, 3.63) is 47.9 Å². The molecule has 1 aliphatic rings. The van der Waals surface area contributed by atoms with E-state index in [1.165, 1.54) is 0 Å². The molecular weight excluding hydrogens is 334 g/mol. The summed E-state index contributed by atoms with van der Waals surface area (Å²) in [6.45, 7) is 2.80. The predicted molar refractivity (Wildman–Crippen MR) is 92.0 cm³/mol. The third-order valence-corrected chi connectivity index (χ3v) is 4.47. The van der Waals surface area contributed by atoms with Crippen LogP contribution in [0.15, 0.2) is 39.4 Å². The number of benzene rings is 1. The molecule has 0 saturated carbocycles. The van der Waals surface area contributed by atoms with Gasteiger partial charge in [0.05, 0.1) is 12.5 Å². The van der Waals surface area contributed by atoms with E-state index in [0.717, 1.165) is 31.5 Å². The molecule has 3 heterocycles. The maximum absolute atomic E-state index is 5.54. The smallest absolute Gasteiger partial charge is 0.252 e. The van der Waals surface area contributed by atoms with Crippen molar-refractivity contribution in [1.82, 2.24) is 25.2 Å². The Kier molecular flexibility index (Phi) is 5.03. The van der Waals surface area contributed by atoms with Crippen LogP contribution in [0.5, 0.6) is 0 Å². The van der Waals surface area contributed by atoms with Gasteiger partial charge in [0.25, 0.3) is 5.89 Å². The lowest BCUT2D eigenvalue weighted by Crippen LogP contribution is -2.34. The van der Waals surface area contributed by atoms with Gasteiger partial charge >= 0.3 is 0 Å². The van der Waals surface area contributed by atoms with Crippen molar-refractivity contribution in [3.63, 3.8) is 0 Å². The van der Waals surface area contributed by atoms with Crippen LogP contribution < -0.4 is 0 Å². The second-order valence-electron chi connectivity index (χ2n) is 6.43. The van der Waals surface area contributed by atoms with Crippen molar-refractivity contribution in [1.29, 1.82) is 0 Å². The summed E-state index contributed by atoms with van der Waals surface area (Å²) in [5.74, 6) is 2.73. The Labute approximate surface area is 151 Å². The second kappa shape index (κ2) is 7.76. The largest absolute Gasteiger partial charge is 0.375 e. The summed E-state index contributed by atoms with van der Waals surface area (Å²) in [5, 5.41) is 8.15. The van der Waals surface area contributed by atoms with E-state index >= 15 is 0 Å². The number of aromatic nitrogens is 4.